The van der Waals surface area contributed by atoms with Crippen LogP contribution in [0.1, 0.15) is 15.9 Å². The summed E-state index contributed by atoms with van der Waals surface area (Å²) < 4.78 is 5.41. The Kier molecular flexibility index (Phi) is 5.16. The molecular weight excluding hydrogens is 280 g/mol. The minimum atomic E-state index is -0.963. The van der Waals surface area contributed by atoms with Gasteiger partial charge in [0.15, 0.2) is 0 Å². The molecule has 0 aliphatic carbocycles. The second-order valence-corrected chi connectivity index (χ2v) is 4.28. The summed E-state index contributed by atoms with van der Waals surface area (Å²) in [6, 6.07) is 13.7. The summed E-state index contributed by atoms with van der Waals surface area (Å²) in [6.07, 6.45) is 6.78. The molecule has 0 aromatic heterocycles. The summed E-state index contributed by atoms with van der Waals surface area (Å²) in [5, 5.41) is 12.9. The first-order valence-corrected chi connectivity index (χ1v) is 6.48. The van der Waals surface area contributed by atoms with Gasteiger partial charge in [-0.1, -0.05) is 18.1 Å². The fourth-order valence-electron chi connectivity index (χ4n) is 1.70. The SMILES string of the molecule is C#CCOc1ccccc1/C=N\Nc1ccc(C(=O)O)cc1. The summed E-state index contributed by atoms with van der Waals surface area (Å²) in [5.74, 6) is 2.09. The number of terminal acetylenes is 1. The van der Waals surface area contributed by atoms with Gasteiger partial charge in [-0.05, 0) is 36.4 Å². The first-order chi connectivity index (χ1) is 10.7. The van der Waals surface area contributed by atoms with Crippen molar-refractivity contribution in [1.29, 1.82) is 0 Å². The van der Waals surface area contributed by atoms with Crippen LogP contribution in [0.5, 0.6) is 5.75 Å². The Morgan fingerprint density at radius 2 is 2.00 bits per heavy atom. The molecule has 0 aliphatic rings. The fraction of sp³-hybridized carbons (Fsp3) is 0.0588. The molecule has 0 unspecified atom stereocenters. The number of hydrogen-bond donors (Lipinski definition) is 2. The average Bonchev–Trinajstić information content (AvgIpc) is 2.54. The molecule has 0 saturated carbocycles. The molecule has 0 bridgehead atoms. The zero-order valence-corrected chi connectivity index (χ0v) is 11.7. The third-order valence-corrected chi connectivity index (χ3v) is 2.76. The molecule has 0 radical (unpaired) electrons. The van der Waals surface area contributed by atoms with Crippen molar-refractivity contribution >= 4 is 17.9 Å². The number of ether oxygens (including phenoxy) is 1. The van der Waals surface area contributed by atoms with Gasteiger partial charge in [-0.25, -0.2) is 4.79 Å². The van der Waals surface area contributed by atoms with E-state index in [0.717, 1.165) is 5.56 Å². The Hall–Kier alpha value is -3.26. The van der Waals surface area contributed by atoms with Crippen LogP contribution in [-0.4, -0.2) is 23.9 Å². The number of carboxylic acid groups (broad SMARTS) is 1. The second kappa shape index (κ2) is 7.50. The molecule has 0 aliphatic heterocycles. The topological polar surface area (TPSA) is 70.9 Å². The van der Waals surface area contributed by atoms with Gasteiger partial charge in [0.25, 0.3) is 0 Å². The van der Waals surface area contributed by atoms with Crippen molar-refractivity contribution in [1.82, 2.24) is 0 Å². The van der Waals surface area contributed by atoms with E-state index >= 15 is 0 Å². The average molecular weight is 294 g/mol. The first kappa shape index (κ1) is 15.1. The van der Waals surface area contributed by atoms with Gasteiger partial charge in [0.2, 0.25) is 0 Å². The van der Waals surface area contributed by atoms with Crippen molar-refractivity contribution in [2.45, 2.75) is 0 Å². The number of para-hydroxylation sites is 1. The molecule has 0 fully saturated rings. The molecule has 110 valence electrons. The predicted molar refractivity (Wildman–Crippen MR) is 85.4 cm³/mol. The van der Waals surface area contributed by atoms with E-state index < -0.39 is 5.97 Å². The lowest BCUT2D eigenvalue weighted by Crippen LogP contribution is -1.99. The van der Waals surface area contributed by atoms with Crippen LogP contribution in [0.4, 0.5) is 5.69 Å². The van der Waals surface area contributed by atoms with Crippen molar-refractivity contribution in [2.24, 2.45) is 5.10 Å². The zero-order chi connectivity index (χ0) is 15.8. The zero-order valence-electron chi connectivity index (χ0n) is 11.7. The molecule has 0 amide bonds. The molecule has 2 N–H and O–H groups in total. The molecule has 0 saturated heterocycles. The minimum absolute atomic E-state index is 0.189. The number of hydrazone groups is 1. The van der Waals surface area contributed by atoms with Crippen molar-refractivity contribution < 1.29 is 14.6 Å². The highest BCUT2D eigenvalue weighted by Crippen LogP contribution is 2.16. The standard InChI is InChI=1S/C17H14N2O3/c1-2-11-22-16-6-4-3-5-14(16)12-18-19-15-9-7-13(8-10-15)17(20)21/h1,3-10,12,19H,11H2,(H,20,21)/b18-12-. The van der Waals surface area contributed by atoms with E-state index in [-0.39, 0.29) is 12.2 Å². The van der Waals surface area contributed by atoms with Crippen LogP contribution in [0, 0.1) is 12.3 Å². The molecule has 0 spiro atoms. The van der Waals surface area contributed by atoms with Gasteiger partial charge in [0.1, 0.15) is 12.4 Å². The van der Waals surface area contributed by atoms with Crippen LogP contribution in [0.15, 0.2) is 53.6 Å². The summed E-state index contributed by atoms with van der Waals surface area (Å²) in [5.41, 5.74) is 4.52. The van der Waals surface area contributed by atoms with Crippen molar-refractivity contribution in [3.8, 4) is 18.1 Å². The monoisotopic (exact) mass is 294 g/mol. The lowest BCUT2D eigenvalue weighted by atomic mass is 10.2. The maximum absolute atomic E-state index is 10.8. The number of aromatic carboxylic acids is 1. The number of carboxylic acids is 1. The number of nitrogens with zero attached hydrogens (tertiary/aromatic N) is 1. The van der Waals surface area contributed by atoms with Crippen LogP contribution in [-0.2, 0) is 0 Å². The Balaban J connectivity index is 2.03. The number of rotatable bonds is 6. The lowest BCUT2D eigenvalue weighted by Gasteiger charge is -2.05. The van der Waals surface area contributed by atoms with Crippen molar-refractivity contribution in [3.63, 3.8) is 0 Å². The second-order valence-electron chi connectivity index (χ2n) is 4.28. The molecule has 5 nitrogen and oxygen atoms in total. The molecule has 2 aromatic carbocycles. The van der Waals surface area contributed by atoms with Gasteiger partial charge in [-0.3, -0.25) is 5.43 Å². The first-order valence-electron chi connectivity index (χ1n) is 6.48. The van der Waals surface area contributed by atoms with E-state index in [1.54, 1.807) is 24.4 Å². The number of hydrogen-bond acceptors (Lipinski definition) is 4. The van der Waals surface area contributed by atoms with E-state index in [0.29, 0.717) is 11.4 Å². The van der Waals surface area contributed by atoms with Gasteiger partial charge >= 0.3 is 5.97 Å². The van der Waals surface area contributed by atoms with Crippen LogP contribution >= 0.6 is 0 Å². The van der Waals surface area contributed by atoms with Gasteiger partial charge < -0.3 is 9.84 Å². The third kappa shape index (κ3) is 4.12. The maximum Gasteiger partial charge on any atom is 0.335 e. The quantitative estimate of drug-likeness (QED) is 0.488. The predicted octanol–water partition coefficient (Wildman–Crippen LogP) is 2.84. The normalized spacial score (nSPS) is 10.1. The number of benzene rings is 2. The Morgan fingerprint density at radius 1 is 1.27 bits per heavy atom. The molecule has 2 rings (SSSR count). The highest BCUT2D eigenvalue weighted by Gasteiger charge is 2.01. The van der Waals surface area contributed by atoms with Gasteiger partial charge in [-0.15, -0.1) is 6.42 Å². The van der Waals surface area contributed by atoms with E-state index in [9.17, 15) is 4.79 Å². The fourth-order valence-corrected chi connectivity index (χ4v) is 1.70. The third-order valence-electron chi connectivity index (χ3n) is 2.76. The highest BCUT2D eigenvalue weighted by molar-refractivity contribution is 5.88. The lowest BCUT2D eigenvalue weighted by molar-refractivity contribution is 0.0697. The van der Waals surface area contributed by atoms with E-state index in [1.165, 1.54) is 12.1 Å². The molecule has 5 heteroatoms. The number of carbonyl (C=O) groups is 1. The maximum atomic E-state index is 10.8. The molecule has 0 heterocycles. The number of nitrogens with one attached hydrogen (secondary N) is 1. The van der Waals surface area contributed by atoms with E-state index in [2.05, 4.69) is 16.4 Å². The minimum Gasteiger partial charge on any atom is -0.480 e. The Labute approximate surface area is 128 Å². The van der Waals surface area contributed by atoms with Crippen LogP contribution < -0.4 is 10.2 Å². The van der Waals surface area contributed by atoms with Crippen LogP contribution in [0.2, 0.25) is 0 Å². The number of anilines is 1. The van der Waals surface area contributed by atoms with Crippen molar-refractivity contribution in [3.05, 3.63) is 59.7 Å². The van der Waals surface area contributed by atoms with Crippen molar-refractivity contribution in [2.75, 3.05) is 12.0 Å². The molecule has 22 heavy (non-hydrogen) atoms. The Morgan fingerprint density at radius 3 is 2.68 bits per heavy atom. The molecular formula is C17H14N2O3. The van der Waals surface area contributed by atoms with E-state index in [1.807, 2.05) is 18.2 Å². The van der Waals surface area contributed by atoms with Gasteiger partial charge in [0.05, 0.1) is 17.5 Å². The van der Waals surface area contributed by atoms with Gasteiger partial charge in [-0.2, -0.15) is 5.10 Å². The summed E-state index contributed by atoms with van der Waals surface area (Å²) in [7, 11) is 0. The van der Waals surface area contributed by atoms with Crippen LogP contribution in [0.25, 0.3) is 0 Å². The summed E-state index contributed by atoms with van der Waals surface area (Å²) in [6.45, 7) is 0.189. The van der Waals surface area contributed by atoms with E-state index in [4.69, 9.17) is 16.3 Å². The molecule has 2 aromatic rings. The summed E-state index contributed by atoms with van der Waals surface area (Å²) in [4.78, 5) is 10.8. The Bertz CT molecular complexity index is 715. The van der Waals surface area contributed by atoms with Crippen LogP contribution in [0.3, 0.4) is 0 Å². The highest BCUT2D eigenvalue weighted by atomic mass is 16.5. The smallest absolute Gasteiger partial charge is 0.335 e. The largest absolute Gasteiger partial charge is 0.480 e. The van der Waals surface area contributed by atoms with Gasteiger partial charge in [0, 0.05) is 5.56 Å². The summed E-state index contributed by atoms with van der Waals surface area (Å²) >= 11 is 0. The molecule has 0 atom stereocenters.